The Kier molecular flexibility index (Phi) is 6.47. The molecule has 1 saturated heterocycles. The van der Waals surface area contributed by atoms with Gasteiger partial charge in [-0.15, -0.1) is 0 Å². The fourth-order valence-corrected chi connectivity index (χ4v) is 4.32. The minimum atomic E-state index is -1.08. The van der Waals surface area contributed by atoms with Crippen LogP contribution in [0.1, 0.15) is 18.9 Å². The number of imide groups is 1. The van der Waals surface area contributed by atoms with Gasteiger partial charge in [0, 0.05) is 6.54 Å². The summed E-state index contributed by atoms with van der Waals surface area (Å²) in [7, 11) is 0. The molecule has 0 aromatic heterocycles. The Morgan fingerprint density at radius 1 is 1.33 bits per heavy atom. The number of aliphatic carboxylic acids is 1. The fourth-order valence-electron chi connectivity index (χ4n) is 2.00. The largest absolute Gasteiger partial charge is 0.480 e. The molecule has 1 aliphatic heterocycles. The molecule has 2 amide bonds. The summed E-state index contributed by atoms with van der Waals surface area (Å²) in [5.41, 5.74) is 0.679. The number of benzene rings is 1. The van der Waals surface area contributed by atoms with Gasteiger partial charge in [0.05, 0.1) is 13.9 Å². The molecule has 24 heavy (non-hydrogen) atoms. The molecule has 1 aliphatic rings. The quantitative estimate of drug-likeness (QED) is 0.619. The summed E-state index contributed by atoms with van der Waals surface area (Å²) in [4.78, 5) is 36.3. The topological polar surface area (TPSA) is 83.9 Å². The van der Waals surface area contributed by atoms with Gasteiger partial charge in [0.25, 0.3) is 11.1 Å². The zero-order chi connectivity index (χ0) is 17.9. The number of carbonyl (C=O) groups excluding carboxylic acids is 2. The van der Waals surface area contributed by atoms with E-state index in [1.807, 2.05) is 6.92 Å². The summed E-state index contributed by atoms with van der Waals surface area (Å²) in [5, 5.41) is 8.41. The molecule has 1 aromatic carbocycles. The van der Waals surface area contributed by atoms with Crippen LogP contribution in [0.3, 0.4) is 0 Å². The second-order valence-electron chi connectivity index (χ2n) is 4.83. The van der Waals surface area contributed by atoms with Crippen LogP contribution in [0.2, 0.25) is 0 Å². The van der Waals surface area contributed by atoms with E-state index >= 15 is 0 Å². The number of ether oxygens (including phenoxy) is 1. The third-order valence-electron chi connectivity index (χ3n) is 2.98. The van der Waals surface area contributed by atoms with Gasteiger partial charge in [-0.05, 0) is 73.8 Å². The maximum atomic E-state index is 12.2. The molecule has 0 saturated carbocycles. The summed E-state index contributed by atoms with van der Waals surface area (Å²) < 4.78 is 6.27. The Hall–Kier alpha value is -1.32. The number of carbonyl (C=O) groups is 3. The van der Waals surface area contributed by atoms with E-state index in [2.05, 4.69) is 31.9 Å². The minimum Gasteiger partial charge on any atom is -0.480 e. The number of amides is 2. The van der Waals surface area contributed by atoms with Crippen LogP contribution in [0, 0.1) is 0 Å². The van der Waals surface area contributed by atoms with Crippen molar-refractivity contribution >= 4 is 66.8 Å². The van der Waals surface area contributed by atoms with Crippen molar-refractivity contribution in [2.45, 2.75) is 13.3 Å². The lowest BCUT2D eigenvalue weighted by Gasteiger charge is -2.10. The molecule has 1 fully saturated rings. The van der Waals surface area contributed by atoms with Crippen molar-refractivity contribution in [1.82, 2.24) is 4.90 Å². The molecule has 128 valence electrons. The molecule has 1 N–H and O–H groups in total. The number of hydrogen-bond donors (Lipinski definition) is 1. The standard InChI is InChI=1S/C15H13Br2NO5S/c1-2-3-18-14(21)11(24-15(18)22)6-8-4-9(16)13(10(17)5-8)23-7-12(19)20/h4-6H,2-3,7H2,1H3,(H,19,20)/b11-6+. The van der Waals surface area contributed by atoms with E-state index in [1.54, 1.807) is 18.2 Å². The van der Waals surface area contributed by atoms with Crippen molar-refractivity contribution in [3.8, 4) is 5.75 Å². The lowest BCUT2D eigenvalue weighted by molar-refractivity contribution is -0.139. The molecule has 0 radical (unpaired) electrons. The Morgan fingerprint density at radius 3 is 2.50 bits per heavy atom. The second-order valence-corrected chi connectivity index (χ2v) is 7.53. The maximum absolute atomic E-state index is 12.2. The molecule has 0 spiro atoms. The molecule has 6 nitrogen and oxygen atoms in total. The van der Waals surface area contributed by atoms with E-state index in [0.29, 0.717) is 38.1 Å². The van der Waals surface area contributed by atoms with Crippen LogP contribution in [-0.2, 0) is 9.59 Å². The average Bonchev–Trinajstić information content (AvgIpc) is 2.74. The predicted molar refractivity (Wildman–Crippen MR) is 97.9 cm³/mol. The van der Waals surface area contributed by atoms with Crippen molar-refractivity contribution in [3.05, 3.63) is 31.5 Å². The van der Waals surface area contributed by atoms with E-state index in [-0.39, 0.29) is 11.1 Å². The third kappa shape index (κ3) is 4.40. The molecule has 1 aromatic rings. The SMILES string of the molecule is CCCN1C(=O)S/C(=C/c2cc(Br)c(OCC(=O)O)c(Br)c2)C1=O. The minimum absolute atomic E-state index is 0.271. The number of carboxylic acid groups (broad SMARTS) is 1. The highest BCUT2D eigenvalue weighted by Crippen LogP contribution is 2.37. The molecule has 1 heterocycles. The first kappa shape index (κ1) is 19.0. The Balaban J connectivity index is 2.26. The summed E-state index contributed by atoms with van der Waals surface area (Å²) in [6.45, 7) is 1.83. The lowest BCUT2D eigenvalue weighted by Crippen LogP contribution is -2.28. The van der Waals surface area contributed by atoms with Crippen LogP contribution in [0.5, 0.6) is 5.75 Å². The number of rotatable bonds is 6. The molecule has 9 heteroatoms. The number of halogens is 2. The molecule has 0 bridgehead atoms. The smallest absolute Gasteiger partial charge is 0.341 e. The molecular weight excluding hydrogens is 466 g/mol. The zero-order valence-corrected chi connectivity index (χ0v) is 16.5. The van der Waals surface area contributed by atoms with Crippen LogP contribution in [0.4, 0.5) is 4.79 Å². The molecule has 0 unspecified atom stereocenters. The highest BCUT2D eigenvalue weighted by Gasteiger charge is 2.34. The summed E-state index contributed by atoms with van der Waals surface area (Å²) in [5.74, 6) is -1.03. The van der Waals surface area contributed by atoms with Gasteiger partial charge in [0.2, 0.25) is 0 Å². The molecule has 0 aliphatic carbocycles. The van der Waals surface area contributed by atoms with Gasteiger partial charge >= 0.3 is 5.97 Å². The fraction of sp³-hybridized carbons (Fsp3) is 0.267. The van der Waals surface area contributed by atoms with Crippen LogP contribution in [0.25, 0.3) is 6.08 Å². The number of carboxylic acids is 1. The molecule has 2 rings (SSSR count). The van der Waals surface area contributed by atoms with Crippen molar-refractivity contribution in [3.63, 3.8) is 0 Å². The normalized spacial score (nSPS) is 16.1. The second kappa shape index (κ2) is 8.17. The summed E-state index contributed by atoms with van der Waals surface area (Å²) in [6, 6.07) is 3.38. The van der Waals surface area contributed by atoms with Gasteiger partial charge in [-0.25, -0.2) is 4.79 Å². The van der Waals surface area contributed by atoms with Gasteiger partial charge in [-0.2, -0.15) is 0 Å². The number of hydrogen-bond acceptors (Lipinski definition) is 5. The third-order valence-corrected chi connectivity index (χ3v) is 5.06. The summed E-state index contributed by atoms with van der Waals surface area (Å²) in [6.07, 6.45) is 2.33. The van der Waals surface area contributed by atoms with Gasteiger partial charge in [0.15, 0.2) is 6.61 Å². The highest BCUT2D eigenvalue weighted by atomic mass is 79.9. The lowest BCUT2D eigenvalue weighted by atomic mass is 10.2. The Bertz CT molecular complexity index is 712. The van der Waals surface area contributed by atoms with Crippen molar-refractivity contribution in [2.75, 3.05) is 13.2 Å². The molecule has 0 atom stereocenters. The first-order chi connectivity index (χ1) is 11.3. The van der Waals surface area contributed by atoms with Crippen LogP contribution in [-0.4, -0.2) is 40.3 Å². The Morgan fingerprint density at radius 2 is 1.96 bits per heavy atom. The van der Waals surface area contributed by atoms with E-state index in [0.717, 1.165) is 11.8 Å². The van der Waals surface area contributed by atoms with E-state index in [4.69, 9.17) is 9.84 Å². The maximum Gasteiger partial charge on any atom is 0.341 e. The predicted octanol–water partition coefficient (Wildman–Crippen LogP) is 4.12. The van der Waals surface area contributed by atoms with Gasteiger partial charge in [-0.1, -0.05) is 6.92 Å². The zero-order valence-electron chi connectivity index (χ0n) is 12.5. The highest BCUT2D eigenvalue weighted by molar-refractivity contribution is 9.11. The van der Waals surface area contributed by atoms with Crippen LogP contribution < -0.4 is 4.74 Å². The molecular formula is C15H13Br2NO5S. The van der Waals surface area contributed by atoms with E-state index < -0.39 is 12.6 Å². The van der Waals surface area contributed by atoms with E-state index in [1.165, 1.54) is 4.90 Å². The monoisotopic (exact) mass is 477 g/mol. The number of thioether (sulfide) groups is 1. The van der Waals surface area contributed by atoms with Crippen molar-refractivity contribution in [1.29, 1.82) is 0 Å². The summed E-state index contributed by atoms with van der Waals surface area (Å²) >= 11 is 7.54. The van der Waals surface area contributed by atoms with Crippen molar-refractivity contribution in [2.24, 2.45) is 0 Å². The first-order valence-corrected chi connectivity index (χ1v) is 9.32. The number of nitrogens with zero attached hydrogens (tertiary/aromatic N) is 1. The van der Waals surface area contributed by atoms with Gasteiger partial charge in [-0.3, -0.25) is 14.5 Å². The van der Waals surface area contributed by atoms with Gasteiger partial charge in [0.1, 0.15) is 5.75 Å². The van der Waals surface area contributed by atoms with Crippen molar-refractivity contribution < 1.29 is 24.2 Å². The average molecular weight is 479 g/mol. The van der Waals surface area contributed by atoms with Crippen LogP contribution in [0.15, 0.2) is 26.0 Å². The van der Waals surface area contributed by atoms with Crippen LogP contribution >= 0.6 is 43.6 Å². The van der Waals surface area contributed by atoms with E-state index in [9.17, 15) is 14.4 Å². The Labute approximate surface area is 159 Å². The first-order valence-electron chi connectivity index (χ1n) is 6.92. The van der Waals surface area contributed by atoms with Gasteiger partial charge < -0.3 is 9.84 Å².